The number of aryl methyl sites for hydroxylation is 1. The van der Waals surface area contributed by atoms with E-state index in [1.54, 1.807) is 17.8 Å². The van der Waals surface area contributed by atoms with E-state index < -0.39 is 17.9 Å². The topological polar surface area (TPSA) is 79.3 Å². The van der Waals surface area contributed by atoms with Crippen LogP contribution in [-0.2, 0) is 4.79 Å². The zero-order chi connectivity index (χ0) is 26.9. The van der Waals surface area contributed by atoms with Gasteiger partial charge in [0.2, 0.25) is 0 Å². The first-order valence-corrected chi connectivity index (χ1v) is 13.8. The molecule has 3 aromatic carbocycles. The summed E-state index contributed by atoms with van der Waals surface area (Å²) in [7, 11) is 0. The average Bonchev–Trinajstić information content (AvgIpc) is 2.94. The predicted octanol–water partition coefficient (Wildman–Crippen LogP) is 6.18. The van der Waals surface area contributed by atoms with Crippen molar-refractivity contribution >= 4 is 54.7 Å². The number of carbonyl (C=O) groups is 2. The maximum atomic E-state index is 13.3. The number of nitrogens with one attached hydrogen (secondary N) is 1. The molecule has 0 spiro atoms. The van der Waals surface area contributed by atoms with Crippen LogP contribution in [-0.4, -0.2) is 58.9 Å². The fraction of sp³-hybridized carbons (Fsp3) is 0.156. The van der Waals surface area contributed by atoms with E-state index in [1.807, 2.05) is 92.3 Å². The molecule has 0 aliphatic rings. The van der Waals surface area contributed by atoms with Crippen molar-refractivity contribution in [1.82, 2.24) is 10.3 Å². The molecular weight excluding hydrogens is 499 g/mol. The van der Waals surface area contributed by atoms with Gasteiger partial charge in [0.1, 0.15) is 6.04 Å². The van der Waals surface area contributed by atoms with Crippen molar-refractivity contribution in [1.29, 1.82) is 0 Å². The van der Waals surface area contributed by atoms with E-state index in [0.717, 1.165) is 38.9 Å². The molecular formula is C32H31LiN2O3S. The number of carboxylic acid groups (broad SMARTS) is 1. The summed E-state index contributed by atoms with van der Waals surface area (Å²) >= 11 is 1.55. The third-order valence-electron chi connectivity index (χ3n) is 6.27. The number of thioether (sulfide) groups is 1. The van der Waals surface area contributed by atoms with Gasteiger partial charge in [0.05, 0.1) is 0 Å². The number of amides is 1. The van der Waals surface area contributed by atoms with E-state index in [4.69, 9.17) is 0 Å². The minimum absolute atomic E-state index is 0. The van der Waals surface area contributed by atoms with Gasteiger partial charge in [-0.1, -0.05) is 72.8 Å². The number of rotatable bonds is 10. The van der Waals surface area contributed by atoms with E-state index in [-0.39, 0.29) is 18.9 Å². The summed E-state index contributed by atoms with van der Waals surface area (Å²) in [5.41, 5.74) is 7.18. The van der Waals surface area contributed by atoms with Crippen molar-refractivity contribution in [3.8, 4) is 22.3 Å². The van der Waals surface area contributed by atoms with E-state index in [2.05, 4.69) is 28.5 Å². The van der Waals surface area contributed by atoms with Crippen molar-refractivity contribution in [2.45, 2.75) is 19.4 Å². The van der Waals surface area contributed by atoms with Gasteiger partial charge in [-0.25, -0.2) is 4.79 Å². The summed E-state index contributed by atoms with van der Waals surface area (Å²) in [4.78, 5) is 29.4. The Labute approximate surface area is 246 Å². The van der Waals surface area contributed by atoms with Gasteiger partial charge >= 0.3 is 24.8 Å². The Bertz CT molecular complexity index is 1460. The quantitative estimate of drug-likeness (QED) is 0.239. The van der Waals surface area contributed by atoms with Gasteiger partial charge in [0.15, 0.2) is 0 Å². The van der Waals surface area contributed by atoms with Gasteiger partial charge in [-0.05, 0) is 76.9 Å². The molecule has 1 aromatic heterocycles. The second-order valence-electron chi connectivity index (χ2n) is 8.97. The van der Waals surface area contributed by atoms with Crippen molar-refractivity contribution in [3.63, 3.8) is 0 Å². The molecule has 0 aliphatic heterocycles. The normalized spacial score (nSPS) is 11.5. The van der Waals surface area contributed by atoms with Crippen LogP contribution in [0.5, 0.6) is 0 Å². The van der Waals surface area contributed by atoms with Crippen LogP contribution in [0.25, 0.3) is 34.4 Å². The van der Waals surface area contributed by atoms with Crippen LogP contribution in [0.2, 0.25) is 0 Å². The van der Waals surface area contributed by atoms with Crippen LogP contribution < -0.4 is 5.32 Å². The molecule has 1 heterocycles. The Morgan fingerprint density at radius 2 is 1.62 bits per heavy atom. The van der Waals surface area contributed by atoms with E-state index in [1.165, 1.54) is 0 Å². The first-order valence-electron chi connectivity index (χ1n) is 12.4. The second-order valence-corrected chi connectivity index (χ2v) is 9.96. The summed E-state index contributed by atoms with van der Waals surface area (Å²) in [6.45, 7) is 2.00. The second kappa shape index (κ2) is 14.6. The number of nitrogens with zero attached hydrogens (tertiary/aromatic N) is 1. The molecule has 1 amide bonds. The molecule has 4 aromatic rings. The fourth-order valence-corrected chi connectivity index (χ4v) is 4.69. The van der Waals surface area contributed by atoms with Gasteiger partial charge in [-0.15, -0.1) is 0 Å². The van der Waals surface area contributed by atoms with Gasteiger partial charge in [0, 0.05) is 23.5 Å². The summed E-state index contributed by atoms with van der Waals surface area (Å²) in [6, 6.07) is 24.7. The Balaban J connectivity index is 0.00000420. The number of pyridine rings is 1. The molecule has 194 valence electrons. The van der Waals surface area contributed by atoms with Crippen molar-refractivity contribution in [3.05, 3.63) is 114 Å². The summed E-state index contributed by atoms with van der Waals surface area (Å²) < 4.78 is 0. The number of aromatic nitrogens is 1. The number of hydrogen-bond donors (Lipinski definition) is 2. The molecule has 39 heavy (non-hydrogen) atoms. The van der Waals surface area contributed by atoms with Crippen molar-refractivity contribution < 1.29 is 14.7 Å². The molecule has 0 fully saturated rings. The van der Waals surface area contributed by atoms with E-state index in [0.29, 0.717) is 17.7 Å². The molecule has 0 saturated carbocycles. The van der Waals surface area contributed by atoms with Crippen molar-refractivity contribution in [2.24, 2.45) is 0 Å². The molecule has 0 unspecified atom stereocenters. The Hall–Kier alpha value is -3.56. The third kappa shape index (κ3) is 7.97. The van der Waals surface area contributed by atoms with Crippen LogP contribution in [0.3, 0.4) is 0 Å². The number of hydrogen-bond acceptors (Lipinski definition) is 4. The summed E-state index contributed by atoms with van der Waals surface area (Å²) in [5, 5.41) is 12.3. The average molecular weight is 531 g/mol. The molecule has 2 N–H and O–H groups in total. The Morgan fingerprint density at radius 3 is 2.33 bits per heavy atom. The van der Waals surface area contributed by atoms with Gasteiger partial charge in [-0.2, -0.15) is 11.8 Å². The number of benzene rings is 3. The van der Waals surface area contributed by atoms with Crippen LogP contribution >= 0.6 is 11.8 Å². The number of carboxylic acids is 1. The number of carbonyl (C=O) groups excluding carboxylic acids is 1. The van der Waals surface area contributed by atoms with E-state index >= 15 is 0 Å². The molecule has 0 saturated heterocycles. The predicted molar refractivity (Wildman–Crippen MR) is 164 cm³/mol. The minimum atomic E-state index is -1.03. The van der Waals surface area contributed by atoms with Crippen LogP contribution in [0.15, 0.2) is 91.3 Å². The molecule has 7 heteroatoms. The van der Waals surface area contributed by atoms with E-state index in [9.17, 15) is 14.7 Å². The molecule has 5 nitrogen and oxygen atoms in total. The van der Waals surface area contributed by atoms with Gasteiger partial charge in [-0.3, -0.25) is 9.78 Å². The molecule has 1 atom stereocenters. The van der Waals surface area contributed by atoms with Crippen LogP contribution in [0.1, 0.15) is 33.5 Å². The molecule has 0 bridgehead atoms. The summed E-state index contributed by atoms with van der Waals surface area (Å²) in [5.74, 6) is -0.783. The zero-order valence-corrected chi connectivity index (χ0v) is 22.2. The van der Waals surface area contributed by atoms with Gasteiger partial charge < -0.3 is 10.4 Å². The Kier molecular flexibility index (Phi) is 11.2. The van der Waals surface area contributed by atoms with Crippen LogP contribution in [0.4, 0.5) is 0 Å². The molecule has 4 rings (SSSR count). The van der Waals surface area contributed by atoms with Crippen LogP contribution in [0, 0.1) is 6.92 Å². The standard InChI is InChI=1S/C32H30N2O3S.Li.H/c1-22-8-6-7-11-27(22)29-19-23(14-15-28(29)31(35)34-30(32(36)37)16-17-38-2)12-13-24-18-26(21-33-20-24)25-9-4-3-5-10-25;;/h3-15,18-21,30H,16-17H2,1-2H3,(H,34,35)(H,36,37);;/t30-;;/m0../s1. The summed E-state index contributed by atoms with van der Waals surface area (Å²) in [6.07, 6.45) is 9.93. The monoisotopic (exact) mass is 530 g/mol. The SMILES string of the molecule is CSCC[C@H](NC(=O)c1ccc(C=Cc2cncc(-c3ccccc3)c2)cc1-c1ccccc1C)C(=O)O.[LiH]. The number of aliphatic carboxylic acids is 1. The molecule has 0 radical (unpaired) electrons. The first kappa shape index (κ1) is 30.0. The first-order chi connectivity index (χ1) is 18.5. The third-order valence-corrected chi connectivity index (χ3v) is 6.92. The molecule has 0 aliphatic carbocycles. The zero-order valence-electron chi connectivity index (χ0n) is 21.4. The maximum absolute atomic E-state index is 13.3. The fourth-order valence-electron chi connectivity index (χ4n) is 4.22. The Morgan fingerprint density at radius 1 is 0.897 bits per heavy atom. The van der Waals surface area contributed by atoms with Gasteiger partial charge in [0.25, 0.3) is 5.91 Å². The van der Waals surface area contributed by atoms with Crippen molar-refractivity contribution in [2.75, 3.05) is 12.0 Å².